The normalized spacial score (nSPS) is 14.2. The van der Waals surface area contributed by atoms with Gasteiger partial charge in [-0.2, -0.15) is 0 Å². The van der Waals surface area contributed by atoms with Crippen LogP contribution in [0.25, 0.3) is 0 Å². The summed E-state index contributed by atoms with van der Waals surface area (Å²) in [6.07, 6.45) is 6.19. The van der Waals surface area contributed by atoms with Crippen molar-refractivity contribution in [3.05, 3.63) is 27.7 Å². The van der Waals surface area contributed by atoms with Gasteiger partial charge in [-0.3, -0.25) is 4.79 Å². The van der Waals surface area contributed by atoms with Gasteiger partial charge in [-0.15, -0.1) is 21.5 Å². The second kappa shape index (κ2) is 8.36. The summed E-state index contributed by atoms with van der Waals surface area (Å²) < 4.78 is 2.21. The number of nitrogens with zero attached hydrogens (tertiary/aromatic N) is 3. The molecule has 1 aliphatic carbocycles. The van der Waals surface area contributed by atoms with Crippen molar-refractivity contribution in [1.29, 1.82) is 0 Å². The number of rotatable bonds is 9. The van der Waals surface area contributed by atoms with E-state index in [2.05, 4.69) is 40.0 Å². The number of carbonyl (C=O) groups is 1. The Kier molecular flexibility index (Phi) is 6.17. The SMILES string of the molecule is CSc1nnc(CCCNC(=O)c2sccc2C2CC2)n1CC(C)C. The van der Waals surface area contributed by atoms with Gasteiger partial charge in [-0.05, 0) is 54.4 Å². The molecular formula is C18H26N4OS2. The summed E-state index contributed by atoms with van der Waals surface area (Å²) in [6, 6.07) is 2.11. The molecule has 25 heavy (non-hydrogen) atoms. The van der Waals surface area contributed by atoms with E-state index in [0.29, 0.717) is 18.4 Å². The number of hydrogen-bond donors (Lipinski definition) is 1. The predicted molar refractivity (Wildman–Crippen MR) is 104 cm³/mol. The smallest absolute Gasteiger partial charge is 0.261 e. The van der Waals surface area contributed by atoms with E-state index in [1.165, 1.54) is 18.4 Å². The van der Waals surface area contributed by atoms with Crippen LogP contribution in [0.1, 0.15) is 60.1 Å². The van der Waals surface area contributed by atoms with E-state index in [0.717, 1.165) is 35.2 Å². The van der Waals surface area contributed by atoms with E-state index in [9.17, 15) is 4.79 Å². The molecule has 0 atom stereocenters. The van der Waals surface area contributed by atoms with Crippen molar-refractivity contribution in [3.8, 4) is 0 Å². The molecule has 1 amide bonds. The van der Waals surface area contributed by atoms with Gasteiger partial charge in [0.2, 0.25) is 0 Å². The molecule has 0 aliphatic heterocycles. The predicted octanol–water partition coefficient (Wildman–Crippen LogP) is 3.96. The van der Waals surface area contributed by atoms with Gasteiger partial charge in [0.25, 0.3) is 5.91 Å². The quantitative estimate of drug-likeness (QED) is 0.530. The number of carbonyl (C=O) groups excluding carboxylic acids is 1. The highest BCUT2D eigenvalue weighted by Crippen LogP contribution is 2.43. The lowest BCUT2D eigenvalue weighted by Gasteiger charge is -2.11. The van der Waals surface area contributed by atoms with E-state index in [1.807, 2.05) is 11.6 Å². The molecule has 1 N–H and O–H groups in total. The number of amides is 1. The number of hydrogen-bond acceptors (Lipinski definition) is 5. The number of aromatic nitrogens is 3. The van der Waals surface area contributed by atoms with Gasteiger partial charge in [0.05, 0.1) is 4.88 Å². The summed E-state index contributed by atoms with van der Waals surface area (Å²) in [5.41, 5.74) is 1.24. The fourth-order valence-corrected chi connectivity index (χ4v) is 4.38. The summed E-state index contributed by atoms with van der Waals surface area (Å²) >= 11 is 3.19. The third kappa shape index (κ3) is 4.64. The van der Waals surface area contributed by atoms with Crippen LogP contribution in [0.5, 0.6) is 0 Å². The average molecular weight is 379 g/mol. The Labute approximate surface area is 157 Å². The van der Waals surface area contributed by atoms with Gasteiger partial charge in [0, 0.05) is 19.5 Å². The van der Waals surface area contributed by atoms with Crippen molar-refractivity contribution in [2.24, 2.45) is 5.92 Å². The molecule has 0 bridgehead atoms. The molecule has 0 unspecified atom stereocenters. The molecule has 1 fully saturated rings. The molecule has 0 spiro atoms. The second-order valence-electron chi connectivity index (χ2n) is 6.95. The highest BCUT2D eigenvalue weighted by molar-refractivity contribution is 7.98. The Morgan fingerprint density at radius 1 is 1.44 bits per heavy atom. The maximum absolute atomic E-state index is 12.4. The van der Waals surface area contributed by atoms with E-state index in [4.69, 9.17) is 0 Å². The zero-order valence-corrected chi connectivity index (χ0v) is 16.8. The van der Waals surface area contributed by atoms with Crippen molar-refractivity contribution < 1.29 is 4.79 Å². The summed E-state index contributed by atoms with van der Waals surface area (Å²) in [5.74, 6) is 2.26. The van der Waals surface area contributed by atoms with Crippen LogP contribution >= 0.6 is 23.1 Å². The fraction of sp³-hybridized carbons (Fsp3) is 0.611. The summed E-state index contributed by atoms with van der Waals surface area (Å²) in [6.45, 7) is 6.01. The molecule has 1 saturated carbocycles. The van der Waals surface area contributed by atoms with Gasteiger partial charge in [0.1, 0.15) is 5.82 Å². The highest BCUT2D eigenvalue weighted by Gasteiger charge is 2.28. The standard InChI is InChI=1S/C18H26N4OS2/c1-12(2)11-22-15(20-21-18(22)24-3)5-4-9-19-17(23)16-14(8-10-25-16)13-6-7-13/h8,10,12-13H,4-7,9,11H2,1-3H3,(H,19,23). The van der Waals surface area contributed by atoms with Crippen molar-refractivity contribution in [3.63, 3.8) is 0 Å². The topological polar surface area (TPSA) is 59.8 Å². The van der Waals surface area contributed by atoms with E-state index < -0.39 is 0 Å². The number of thioether (sulfide) groups is 1. The molecule has 0 saturated heterocycles. The van der Waals surface area contributed by atoms with Crippen LogP contribution in [0.15, 0.2) is 16.6 Å². The molecule has 2 heterocycles. The summed E-state index contributed by atoms with van der Waals surface area (Å²) in [7, 11) is 0. The van der Waals surface area contributed by atoms with Gasteiger partial charge < -0.3 is 9.88 Å². The lowest BCUT2D eigenvalue weighted by Crippen LogP contribution is -2.25. The molecule has 0 radical (unpaired) electrons. The first-order chi connectivity index (χ1) is 12.1. The van der Waals surface area contributed by atoms with Crippen molar-refractivity contribution in [2.45, 2.75) is 57.1 Å². The molecule has 5 nitrogen and oxygen atoms in total. The Balaban J connectivity index is 1.50. The van der Waals surface area contributed by atoms with Crippen LogP contribution in [0.4, 0.5) is 0 Å². The molecule has 2 aromatic rings. The average Bonchev–Trinajstić information content (AvgIpc) is 3.18. The first-order valence-electron chi connectivity index (χ1n) is 8.91. The van der Waals surface area contributed by atoms with Crippen LogP contribution in [-0.2, 0) is 13.0 Å². The zero-order chi connectivity index (χ0) is 17.8. The van der Waals surface area contributed by atoms with Crippen LogP contribution in [0.3, 0.4) is 0 Å². The van der Waals surface area contributed by atoms with Crippen LogP contribution in [-0.4, -0.2) is 33.5 Å². The molecule has 136 valence electrons. The maximum atomic E-state index is 12.4. The molecule has 1 aliphatic rings. The Bertz CT molecular complexity index is 718. The number of aryl methyl sites for hydroxylation is 1. The van der Waals surface area contributed by atoms with E-state index >= 15 is 0 Å². The van der Waals surface area contributed by atoms with Crippen LogP contribution in [0, 0.1) is 5.92 Å². The highest BCUT2D eigenvalue weighted by atomic mass is 32.2. The molecule has 7 heteroatoms. The monoisotopic (exact) mass is 378 g/mol. The van der Waals surface area contributed by atoms with Crippen molar-refractivity contribution in [1.82, 2.24) is 20.1 Å². The van der Waals surface area contributed by atoms with E-state index in [1.54, 1.807) is 23.1 Å². The summed E-state index contributed by atoms with van der Waals surface area (Å²) in [4.78, 5) is 13.3. The third-order valence-electron chi connectivity index (χ3n) is 4.31. The second-order valence-corrected chi connectivity index (χ2v) is 8.64. The first kappa shape index (κ1) is 18.5. The molecule has 0 aromatic carbocycles. The lowest BCUT2D eigenvalue weighted by atomic mass is 10.1. The minimum Gasteiger partial charge on any atom is -0.351 e. The number of nitrogens with one attached hydrogen (secondary N) is 1. The third-order valence-corrected chi connectivity index (χ3v) is 5.90. The fourth-order valence-electron chi connectivity index (χ4n) is 2.95. The molecule has 3 rings (SSSR count). The van der Waals surface area contributed by atoms with Crippen LogP contribution < -0.4 is 5.32 Å². The molecule has 2 aromatic heterocycles. The Morgan fingerprint density at radius 3 is 2.92 bits per heavy atom. The minimum absolute atomic E-state index is 0.0744. The van der Waals surface area contributed by atoms with Gasteiger partial charge in [-0.25, -0.2) is 0 Å². The minimum atomic E-state index is 0.0744. The first-order valence-corrected chi connectivity index (χ1v) is 11.0. The van der Waals surface area contributed by atoms with Gasteiger partial charge in [-0.1, -0.05) is 25.6 Å². The van der Waals surface area contributed by atoms with Crippen molar-refractivity contribution >= 4 is 29.0 Å². The van der Waals surface area contributed by atoms with Gasteiger partial charge >= 0.3 is 0 Å². The van der Waals surface area contributed by atoms with Gasteiger partial charge in [0.15, 0.2) is 5.16 Å². The van der Waals surface area contributed by atoms with Crippen LogP contribution in [0.2, 0.25) is 0 Å². The molecular weight excluding hydrogens is 352 g/mol. The van der Waals surface area contributed by atoms with E-state index in [-0.39, 0.29) is 5.91 Å². The largest absolute Gasteiger partial charge is 0.351 e. The van der Waals surface area contributed by atoms with Crippen molar-refractivity contribution in [2.75, 3.05) is 12.8 Å². The lowest BCUT2D eigenvalue weighted by molar-refractivity contribution is 0.0956. The maximum Gasteiger partial charge on any atom is 0.261 e. The zero-order valence-electron chi connectivity index (χ0n) is 15.1. The Morgan fingerprint density at radius 2 is 2.24 bits per heavy atom. The Hall–Kier alpha value is -1.34. The summed E-state index contributed by atoms with van der Waals surface area (Å²) in [5, 5.41) is 14.7. The number of thiophene rings is 1.